The van der Waals surface area contributed by atoms with Gasteiger partial charge in [-0.25, -0.2) is 8.42 Å². The van der Waals surface area contributed by atoms with Crippen molar-refractivity contribution in [1.29, 1.82) is 0 Å². The van der Waals surface area contributed by atoms with Crippen LogP contribution in [0.4, 0.5) is 5.69 Å². The number of carbonyl (C=O) groups excluding carboxylic acids is 2. The summed E-state index contributed by atoms with van der Waals surface area (Å²) < 4.78 is 29.4. The average molecular weight is 632 g/mol. The van der Waals surface area contributed by atoms with E-state index in [1.165, 1.54) is 17.0 Å². The zero-order chi connectivity index (χ0) is 31.9. The van der Waals surface area contributed by atoms with E-state index in [9.17, 15) is 18.0 Å². The number of aryl methyl sites for hydroxylation is 2. The van der Waals surface area contributed by atoms with Gasteiger partial charge in [-0.2, -0.15) is 0 Å². The fourth-order valence-corrected chi connectivity index (χ4v) is 6.80. The average Bonchev–Trinajstić information content (AvgIpc) is 2.98. The Hall–Kier alpha value is -4.14. The first-order valence-electron chi connectivity index (χ1n) is 14.5. The van der Waals surface area contributed by atoms with Crippen LogP contribution in [0.25, 0.3) is 0 Å². The highest BCUT2D eigenvalue weighted by Crippen LogP contribution is 2.28. The van der Waals surface area contributed by atoms with Crippen molar-refractivity contribution >= 4 is 39.1 Å². The Balaban J connectivity index is 1.82. The van der Waals surface area contributed by atoms with Crippen LogP contribution >= 0.6 is 11.6 Å². The first-order chi connectivity index (χ1) is 21.0. The quantitative estimate of drug-likeness (QED) is 0.198. The van der Waals surface area contributed by atoms with Gasteiger partial charge in [0.05, 0.1) is 10.6 Å². The van der Waals surface area contributed by atoms with Gasteiger partial charge in [0.1, 0.15) is 12.6 Å². The Kier molecular flexibility index (Phi) is 10.8. The Morgan fingerprint density at radius 3 is 2.07 bits per heavy atom. The van der Waals surface area contributed by atoms with Crippen LogP contribution in [0.5, 0.6) is 0 Å². The molecule has 0 fully saturated rings. The minimum absolute atomic E-state index is 0.0501. The molecule has 0 aliphatic rings. The van der Waals surface area contributed by atoms with E-state index < -0.39 is 28.5 Å². The highest BCUT2D eigenvalue weighted by molar-refractivity contribution is 7.92. The number of nitrogens with zero attached hydrogens (tertiary/aromatic N) is 2. The van der Waals surface area contributed by atoms with Gasteiger partial charge < -0.3 is 10.2 Å². The number of anilines is 1. The third-order valence-electron chi connectivity index (χ3n) is 7.18. The minimum Gasteiger partial charge on any atom is -0.352 e. The van der Waals surface area contributed by atoms with Gasteiger partial charge in [-0.15, -0.1) is 0 Å². The van der Waals surface area contributed by atoms with Gasteiger partial charge in [-0.05, 0) is 74.7 Å². The van der Waals surface area contributed by atoms with Gasteiger partial charge in [0.15, 0.2) is 0 Å². The Morgan fingerprint density at radius 1 is 0.818 bits per heavy atom. The molecular formula is C35H38ClN3O4S. The molecule has 2 amide bonds. The molecule has 0 aromatic heterocycles. The number of nitrogens with one attached hydrogen (secondary N) is 1. The SMILES string of the molecule is Cc1ccc(N(CC(=O)N(Cc2cccc(Cl)c2)[C@@H](Cc2ccccc2)C(=O)NC(C)C)S(=O)(=O)c2ccccc2)c(C)c1. The lowest BCUT2D eigenvalue weighted by atomic mass is 10.0. The third-order valence-corrected chi connectivity index (χ3v) is 9.18. The molecule has 4 aromatic carbocycles. The van der Waals surface area contributed by atoms with Crippen LogP contribution < -0.4 is 9.62 Å². The van der Waals surface area contributed by atoms with E-state index in [1.54, 1.807) is 42.5 Å². The number of hydrogen-bond donors (Lipinski definition) is 1. The predicted octanol–water partition coefficient (Wildman–Crippen LogP) is 6.32. The van der Waals surface area contributed by atoms with Crippen molar-refractivity contribution in [3.63, 3.8) is 0 Å². The molecule has 1 atom stereocenters. The number of sulfonamides is 1. The van der Waals surface area contributed by atoms with E-state index in [1.807, 2.05) is 76.2 Å². The van der Waals surface area contributed by atoms with Crippen LogP contribution in [0.1, 0.15) is 36.1 Å². The van der Waals surface area contributed by atoms with Gasteiger partial charge in [0.2, 0.25) is 11.8 Å². The van der Waals surface area contributed by atoms with Crippen LogP contribution in [0.3, 0.4) is 0 Å². The van der Waals surface area contributed by atoms with E-state index in [0.717, 1.165) is 15.4 Å². The maximum atomic E-state index is 14.5. The predicted molar refractivity (Wildman–Crippen MR) is 176 cm³/mol. The molecule has 0 aliphatic carbocycles. The number of carbonyl (C=O) groups is 2. The molecule has 44 heavy (non-hydrogen) atoms. The fraction of sp³-hybridized carbons (Fsp3) is 0.257. The van der Waals surface area contributed by atoms with Crippen molar-refractivity contribution in [3.05, 3.63) is 130 Å². The molecule has 0 saturated heterocycles. The third kappa shape index (κ3) is 8.27. The molecule has 0 heterocycles. The summed E-state index contributed by atoms with van der Waals surface area (Å²) in [5, 5.41) is 3.45. The molecule has 1 N–H and O–H groups in total. The maximum Gasteiger partial charge on any atom is 0.264 e. The number of rotatable bonds is 12. The molecule has 0 spiro atoms. The highest BCUT2D eigenvalue weighted by atomic mass is 35.5. The zero-order valence-corrected chi connectivity index (χ0v) is 27.0. The first-order valence-corrected chi connectivity index (χ1v) is 16.3. The second-order valence-electron chi connectivity index (χ2n) is 11.1. The lowest BCUT2D eigenvalue weighted by Crippen LogP contribution is -2.54. The van der Waals surface area contributed by atoms with Crippen molar-refractivity contribution < 1.29 is 18.0 Å². The van der Waals surface area contributed by atoms with E-state index in [0.29, 0.717) is 21.8 Å². The lowest BCUT2D eigenvalue weighted by Gasteiger charge is -2.34. The van der Waals surface area contributed by atoms with Crippen molar-refractivity contribution in [3.8, 4) is 0 Å². The number of amides is 2. The monoisotopic (exact) mass is 631 g/mol. The highest BCUT2D eigenvalue weighted by Gasteiger charge is 2.35. The summed E-state index contributed by atoms with van der Waals surface area (Å²) in [6.07, 6.45) is 0.237. The topological polar surface area (TPSA) is 86.8 Å². The summed E-state index contributed by atoms with van der Waals surface area (Å²) in [7, 11) is -4.16. The van der Waals surface area contributed by atoms with Gasteiger partial charge in [-0.1, -0.05) is 90.0 Å². The van der Waals surface area contributed by atoms with E-state index in [-0.39, 0.29) is 29.8 Å². The van der Waals surface area contributed by atoms with Crippen LogP contribution in [0, 0.1) is 13.8 Å². The summed E-state index contributed by atoms with van der Waals surface area (Å²) in [6, 6.07) is 28.9. The smallest absolute Gasteiger partial charge is 0.264 e. The molecule has 0 bridgehead atoms. The summed E-state index contributed by atoms with van der Waals surface area (Å²) in [5.41, 5.74) is 3.64. The fourth-order valence-electron chi connectivity index (χ4n) is 5.08. The van der Waals surface area contributed by atoms with Crippen molar-refractivity contribution in [2.45, 2.75) is 57.6 Å². The molecule has 230 valence electrons. The molecule has 0 saturated carbocycles. The second kappa shape index (κ2) is 14.6. The summed E-state index contributed by atoms with van der Waals surface area (Å²) >= 11 is 6.30. The minimum atomic E-state index is -4.16. The molecule has 0 radical (unpaired) electrons. The summed E-state index contributed by atoms with van der Waals surface area (Å²) in [6.45, 7) is 6.99. The Labute approximate surface area is 265 Å². The normalized spacial score (nSPS) is 12.0. The maximum absolute atomic E-state index is 14.5. The van der Waals surface area contributed by atoms with Crippen LogP contribution in [-0.2, 0) is 32.6 Å². The molecule has 4 aromatic rings. The van der Waals surface area contributed by atoms with Gasteiger partial charge in [-0.3, -0.25) is 13.9 Å². The first kappa shape index (κ1) is 32.8. The van der Waals surface area contributed by atoms with Crippen LogP contribution in [0.15, 0.2) is 108 Å². The molecule has 4 rings (SSSR count). The molecule has 0 aliphatic heterocycles. The zero-order valence-electron chi connectivity index (χ0n) is 25.4. The number of halogens is 1. The summed E-state index contributed by atoms with van der Waals surface area (Å²) in [4.78, 5) is 29.8. The number of hydrogen-bond acceptors (Lipinski definition) is 4. The van der Waals surface area contributed by atoms with Crippen molar-refractivity contribution in [2.24, 2.45) is 0 Å². The van der Waals surface area contributed by atoms with Gasteiger partial charge in [0, 0.05) is 24.0 Å². The van der Waals surface area contributed by atoms with Crippen molar-refractivity contribution in [2.75, 3.05) is 10.8 Å². The standard InChI is InChI=1S/C35H38ClN3O4S/c1-25(2)37-35(41)33(22-28-12-7-5-8-13-28)38(23-29-14-11-15-30(36)21-29)34(40)24-39(32-19-18-26(3)20-27(32)4)44(42,43)31-16-9-6-10-17-31/h5-21,25,33H,22-24H2,1-4H3,(H,37,41)/t33-/m0/s1. The van der Waals surface area contributed by atoms with E-state index in [4.69, 9.17) is 11.6 Å². The Morgan fingerprint density at radius 2 is 1.45 bits per heavy atom. The van der Waals surface area contributed by atoms with Crippen molar-refractivity contribution in [1.82, 2.24) is 10.2 Å². The Bertz CT molecular complexity index is 1700. The molecular weight excluding hydrogens is 594 g/mol. The van der Waals surface area contributed by atoms with E-state index in [2.05, 4.69) is 5.32 Å². The van der Waals surface area contributed by atoms with E-state index >= 15 is 0 Å². The number of benzene rings is 4. The lowest BCUT2D eigenvalue weighted by molar-refractivity contribution is -0.140. The summed E-state index contributed by atoms with van der Waals surface area (Å²) in [5.74, 6) is -0.854. The molecule has 0 unspecified atom stereocenters. The molecule has 7 nitrogen and oxygen atoms in total. The van der Waals surface area contributed by atoms with Gasteiger partial charge >= 0.3 is 0 Å². The van der Waals surface area contributed by atoms with Crippen LogP contribution in [0.2, 0.25) is 5.02 Å². The largest absolute Gasteiger partial charge is 0.352 e. The van der Waals surface area contributed by atoms with Crippen LogP contribution in [-0.4, -0.2) is 43.8 Å². The molecule has 9 heteroatoms. The second-order valence-corrected chi connectivity index (χ2v) is 13.4. The van der Waals surface area contributed by atoms with Gasteiger partial charge in [0.25, 0.3) is 10.0 Å².